The van der Waals surface area contributed by atoms with Gasteiger partial charge in [0.25, 0.3) is 0 Å². The number of rotatable bonds is 5. The zero-order valence-electron chi connectivity index (χ0n) is 22.3. The van der Waals surface area contributed by atoms with Gasteiger partial charge in [0.1, 0.15) is 5.75 Å². The van der Waals surface area contributed by atoms with Crippen LogP contribution in [0.15, 0.2) is 59.7 Å². The summed E-state index contributed by atoms with van der Waals surface area (Å²) in [4.78, 5) is 32.0. The molecule has 4 aromatic rings. The van der Waals surface area contributed by atoms with Crippen molar-refractivity contribution in [1.29, 1.82) is 0 Å². The van der Waals surface area contributed by atoms with Crippen LogP contribution < -0.4 is 9.64 Å². The number of carboxylic acids is 2. The summed E-state index contributed by atoms with van der Waals surface area (Å²) in [6.07, 6.45) is -4.39. The summed E-state index contributed by atoms with van der Waals surface area (Å²) in [5.41, 5.74) is 4.48. The first kappa shape index (κ1) is 33.1. The number of benzene rings is 1. The van der Waals surface area contributed by atoms with Gasteiger partial charge in [0, 0.05) is 50.7 Å². The van der Waals surface area contributed by atoms with E-state index < -0.39 is 24.3 Å². The average Bonchev–Trinajstić information content (AvgIpc) is 3.63. The summed E-state index contributed by atoms with van der Waals surface area (Å²) >= 11 is 1.76. The molecule has 1 aromatic carbocycles. The maximum Gasteiger partial charge on any atom is 0.490 e. The van der Waals surface area contributed by atoms with Crippen LogP contribution in [0.1, 0.15) is 5.56 Å². The minimum absolute atomic E-state index is 0.852. The first-order chi connectivity index (χ1) is 20.2. The van der Waals surface area contributed by atoms with Gasteiger partial charge in [0.2, 0.25) is 0 Å². The quantitative estimate of drug-likeness (QED) is 0.291. The van der Waals surface area contributed by atoms with Gasteiger partial charge in [-0.15, -0.1) is 0 Å². The van der Waals surface area contributed by atoms with Crippen LogP contribution in [-0.2, 0) is 16.1 Å². The Kier molecular flexibility index (Phi) is 10.9. The number of alkyl halides is 6. The molecule has 0 aliphatic carbocycles. The fourth-order valence-corrected chi connectivity index (χ4v) is 4.52. The Morgan fingerprint density at radius 2 is 1.51 bits per heavy atom. The first-order valence-electron chi connectivity index (χ1n) is 12.3. The van der Waals surface area contributed by atoms with Crippen molar-refractivity contribution in [3.05, 3.63) is 65.2 Å². The van der Waals surface area contributed by atoms with E-state index in [1.807, 2.05) is 30.7 Å². The predicted octanol–water partition coefficient (Wildman–Crippen LogP) is 5.06. The minimum atomic E-state index is -5.08. The topological polar surface area (TPSA) is 121 Å². The van der Waals surface area contributed by atoms with Crippen LogP contribution in [0.25, 0.3) is 16.9 Å². The van der Waals surface area contributed by atoms with Crippen LogP contribution in [0.5, 0.6) is 5.75 Å². The summed E-state index contributed by atoms with van der Waals surface area (Å²) in [7, 11) is 1.68. The molecule has 1 saturated heterocycles. The van der Waals surface area contributed by atoms with Crippen molar-refractivity contribution >= 4 is 34.7 Å². The second-order valence-corrected chi connectivity index (χ2v) is 9.60. The van der Waals surface area contributed by atoms with E-state index in [2.05, 4.69) is 48.1 Å². The molecule has 0 spiro atoms. The van der Waals surface area contributed by atoms with E-state index in [1.165, 1.54) is 5.56 Å². The SMILES string of the molecule is COc1ccc(-c2cnc3c(N4CCN(Cc5ccsc5)CC4)nccn23)cc1.O=C(O)C(F)(F)F.O=C(O)C(F)(F)F. The normalized spacial score (nSPS) is 13.9. The van der Waals surface area contributed by atoms with E-state index in [9.17, 15) is 26.3 Å². The molecule has 0 bridgehead atoms. The van der Waals surface area contributed by atoms with Crippen LogP contribution in [0.4, 0.5) is 32.2 Å². The Bertz CT molecular complexity index is 1460. The van der Waals surface area contributed by atoms with Gasteiger partial charge in [-0.2, -0.15) is 37.7 Å². The molecule has 17 heteroatoms. The number of imidazole rings is 1. The van der Waals surface area contributed by atoms with Crippen LogP contribution in [0.2, 0.25) is 0 Å². The van der Waals surface area contributed by atoms with Crippen molar-refractivity contribution in [2.75, 3.05) is 38.2 Å². The van der Waals surface area contributed by atoms with Gasteiger partial charge in [-0.05, 0) is 46.7 Å². The highest BCUT2D eigenvalue weighted by Gasteiger charge is 2.38. The lowest BCUT2D eigenvalue weighted by Crippen LogP contribution is -2.46. The van der Waals surface area contributed by atoms with Gasteiger partial charge in [-0.3, -0.25) is 9.30 Å². The summed E-state index contributed by atoms with van der Waals surface area (Å²) in [6.45, 7) is 5.01. The third-order valence-corrected chi connectivity index (χ3v) is 6.67. The number of carbonyl (C=O) groups is 2. The summed E-state index contributed by atoms with van der Waals surface area (Å²) in [5, 5.41) is 18.6. The standard InChI is InChI=1S/C22H23N5OS.2C2HF3O2/c1-28-19-4-2-18(3-5-19)20-14-24-22-21(23-7-8-27(20)22)26-11-9-25(10-12-26)15-17-6-13-29-16-17;2*3-2(4,5)1(6)7/h2-8,13-14,16H,9-12,15H2,1H3;2*(H,6,7). The van der Waals surface area contributed by atoms with Gasteiger partial charge in [0.15, 0.2) is 11.5 Å². The Balaban J connectivity index is 0.000000303. The van der Waals surface area contributed by atoms with E-state index in [1.54, 1.807) is 18.4 Å². The maximum atomic E-state index is 10.6. The summed E-state index contributed by atoms with van der Waals surface area (Å²) in [5.74, 6) is -3.70. The Labute approximate surface area is 244 Å². The molecule has 1 aliphatic heterocycles. The number of hydrogen-bond donors (Lipinski definition) is 2. The number of hydrogen-bond acceptors (Lipinski definition) is 8. The molecule has 3 aromatic heterocycles. The maximum absolute atomic E-state index is 10.6. The number of nitrogens with zero attached hydrogens (tertiary/aromatic N) is 5. The molecule has 10 nitrogen and oxygen atoms in total. The molecule has 2 N–H and O–H groups in total. The van der Waals surface area contributed by atoms with Gasteiger partial charge in [0.05, 0.1) is 19.0 Å². The van der Waals surface area contributed by atoms with Crippen LogP contribution in [-0.4, -0.2) is 87.1 Å². The van der Waals surface area contributed by atoms with Crippen molar-refractivity contribution in [3.8, 4) is 17.0 Å². The number of aliphatic carboxylic acids is 2. The van der Waals surface area contributed by atoms with Gasteiger partial charge >= 0.3 is 24.3 Å². The number of aromatic nitrogens is 3. The van der Waals surface area contributed by atoms with Gasteiger partial charge in [-0.1, -0.05) is 0 Å². The Hall–Kier alpha value is -4.38. The lowest BCUT2D eigenvalue weighted by molar-refractivity contribution is -0.193. The molecule has 43 heavy (non-hydrogen) atoms. The number of anilines is 1. The monoisotopic (exact) mass is 633 g/mol. The molecule has 0 amide bonds. The zero-order chi connectivity index (χ0) is 31.8. The molecule has 0 radical (unpaired) electrons. The molecule has 0 saturated carbocycles. The van der Waals surface area contributed by atoms with E-state index in [0.29, 0.717) is 0 Å². The van der Waals surface area contributed by atoms with Crippen molar-refractivity contribution in [2.45, 2.75) is 18.9 Å². The third kappa shape index (κ3) is 9.31. The Morgan fingerprint density at radius 1 is 0.930 bits per heavy atom. The molecule has 0 atom stereocenters. The van der Waals surface area contributed by atoms with Crippen molar-refractivity contribution < 1.29 is 50.9 Å². The number of piperazine rings is 1. The number of methoxy groups -OCH3 is 1. The van der Waals surface area contributed by atoms with Crippen LogP contribution in [0, 0.1) is 0 Å². The second kappa shape index (κ2) is 14.2. The predicted molar refractivity (Wildman–Crippen MR) is 144 cm³/mol. The summed E-state index contributed by atoms with van der Waals surface area (Å²) < 4.78 is 70.9. The highest BCUT2D eigenvalue weighted by atomic mass is 32.1. The number of carboxylic acid groups (broad SMARTS) is 2. The number of halogens is 6. The first-order valence-corrected chi connectivity index (χ1v) is 13.2. The minimum Gasteiger partial charge on any atom is -0.497 e. The van der Waals surface area contributed by atoms with Crippen LogP contribution in [0.3, 0.4) is 0 Å². The smallest absolute Gasteiger partial charge is 0.490 e. The van der Waals surface area contributed by atoms with Crippen molar-refractivity contribution in [1.82, 2.24) is 19.3 Å². The fraction of sp³-hybridized carbons (Fsp3) is 0.308. The van der Waals surface area contributed by atoms with Crippen LogP contribution >= 0.6 is 11.3 Å². The molecule has 0 unspecified atom stereocenters. The molecular weight excluding hydrogens is 608 g/mol. The Morgan fingerprint density at radius 3 is 2.00 bits per heavy atom. The molecule has 1 fully saturated rings. The summed E-state index contributed by atoms with van der Waals surface area (Å²) in [6, 6.07) is 10.3. The second-order valence-electron chi connectivity index (χ2n) is 8.82. The number of fused-ring (bicyclic) bond motifs is 1. The molecule has 4 heterocycles. The lowest BCUT2D eigenvalue weighted by Gasteiger charge is -2.35. The molecule has 232 valence electrons. The van der Waals surface area contributed by atoms with E-state index in [0.717, 1.165) is 61.2 Å². The van der Waals surface area contributed by atoms with E-state index >= 15 is 0 Å². The third-order valence-electron chi connectivity index (χ3n) is 5.94. The average molecular weight is 634 g/mol. The molecule has 5 rings (SSSR count). The molecule has 1 aliphatic rings. The highest BCUT2D eigenvalue weighted by molar-refractivity contribution is 7.07. The molecular formula is C26H25F6N5O5S. The fourth-order valence-electron chi connectivity index (χ4n) is 3.86. The van der Waals surface area contributed by atoms with E-state index in [-0.39, 0.29) is 0 Å². The number of ether oxygens (including phenoxy) is 1. The zero-order valence-corrected chi connectivity index (χ0v) is 23.2. The lowest BCUT2D eigenvalue weighted by atomic mass is 10.1. The van der Waals surface area contributed by atoms with Crippen molar-refractivity contribution in [2.24, 2.45) is 0 Å². The highest BCUT2D eigenvalue weighted by Crippen LogP contribution is 2.27. The van der Waals surface area contributed by atoms with Gasteiger partial charge < -0.3 is 19.8 Å². The number of thiophene rings is 1. The van der Waals surface area contributed by atoms with E-state index in [4.69, 9.17) is 29.5 Å². The van der Waals surface area contributed by atoms with Crippen molar-refractivity contribution in [3.63, 3.8) is 0 Å². The largest absolute Gasteiger partial charge is 0.497 e. The van der Waals surface area contributed by atoms with Gasteiger partial charge in [-0.25, -0.2) is 19.6 Å².